The summed E-state index contributed by atoms with van der Waals surface area (Å²) in [6.45, 7) is 1.80. The van der Waals surface area contributed by atoms with Crippen LogP contribution in [0.5, 0.6) is 5.75 Å². The van der Waals surface area contributed by atoms with Crippen LogP contribution in [-0.2, 0) is 4.79 Å². The van der Waals surface area contributed by atoms with Crippen molar-refractivity contribution in [3.63, 3.8) is 0 Å². The predicted molar refractivity (Wildman–Crippen MR) is 127 cm³/mol. The lowest BCUT2D eigenvalue weighted by Crippen LogP contribution is -2.24. The minimum atomic E-state index is -0.370. The van der Waals surface area contributed by atoms with Gasteiger partial charge in [-0.3, -0.25) is 4.79 Å². The molecule has 0 unspecified atom stereocenters. The molecule has 1 N–H and O–H groups in total. The fourth-order valence-corrected chi connectivity index (χ4v) is 3.23. The lowest BCUT2D eigenvalue weighted by atomic mass is 10.1. The largest absolute Gasteiger partial charge is 0.484 e. The van der Waals surface area contributed by atoms with E-state index in [4.69, 9.17) is 20.8 Å². The normalized spacial score (nSPS) is 10.9. The van der Waals surface area contributed by atoms with Gasteiger partial charge in [0.25, 0.3) is 5.91 Å². The van der Waals surface area contributed by atoms with Gasteiger partial charge in [0.05, 0.1) is 6.21 Å². The Morgan fingerprint density at radius 1 is 0.969 bits per heavy atom. The molecular formula is C26H21ClN2O3. The first-order chi connectivity index (χ1) is 15.6. The van der Waals surface area contributed by atoms with E-state index in [9.17, 15) is 4.79 Å². The van der Waals surface area contributed by atoms with Crippen LogP contribution in [0.4, 0.5) is 0 Å². The predicted octanol–water partition coefficient (Wildman–Crippen LogP) is 6.10. The number of hydrogen-bond donors (Lipinski definition) is 1. The Hall–Kier alpha value is -3.83. The number of rotatable bonds is 7. The Morgan fingerprint density at radius 2 is 1.69 bits per heavy atom. The number of carbonyl (C=O) groups excluding carboxylic acids is 1. The molecule has 0 atom stereocenters. The molecule has 4 aromatic rings. The summed E-state index contributed by atoms with van der Waals surface area (Å²) >= 11 is 6.17. The topological polar surface area (TPSA) is 63.8 Å². The number of benzene rings is 3. The molecule has 0 bridgehead atoms. The third-order valence-corrected chi connectivity index (χ3v) is 5.20. The summed E-state index contributed by atoms with van der Waals surface area (Å²) < 4.78 is 11.3. The van der Waals surface area contributed by atoms with E-state index in [1.165, 1.54) is 6.21 Å². The summed E-state index contributed by atoms with van der Waals surface area (Å²) in [6, 6.07) is 26.9. The number of nitrogens with one attached hydrogen (secondary N) is 1. The van der Waals surface area contributed by atoms with E-state index < -0.39 is 0 Å². The lowest BCUT2D eigenvalue weighted by Gasteiger charge is -2.06. The Labute approximate surface area is 191 Å². The molecule has 6 heteroatoms. The van der Waals surface area contributed by atoms with Crippen molar-refractivity contribution in [2.45, 2.75) is 6.92 Å². The van der Waals surface area contributed by atoms with E-state index in [2.05, 4.69) is 10.5 Å². The van der Waals surface area contributed by atoms with Crippen LogP contribution in [0.3, 0.4) is 0 Å². The lowest BCUT2D eigenvalue weighted by molar-refractivity contribution is -0.123. The van der Waals surface area contributed by atoms with Gasteiger partial charge in [-0.15, -0.1) is 0 Å². The van der Waals surface area contributed by atoms with E-state index in [0.29, 0.717) is 22.3 Å². The molecule has 0 saturated carbocycles. The molecule has 1 amide bonds. The van der Waals surface area contributed by atoms with Crippen molar-refractivity contribution < 1.29 is 13.9 Å². The smallest absolute Gasteiger partial charge is 0.277 e. The van der Waals surface area contributed by atoms with E-state index in [-0.39, 0.29) is 12.5 Å². The summed E-state index contributed by atoms with van der Waals surface area (Å²) in [7, 11) is 0. The Balaban J connectivity index is 1.27. The molecule has 5 nitrogen and oxygen atoms in total. The summed E-state index contributed by atoms with van der Waals surface area (Å²) in [5.41, 5.74) is 6.50. The maximum absolute atomic E-state index is 12.0. The van der Waals surface area contributed by atoms with E-state index in [0.717, 1.165) is 22.3 Å². The first-order valence-electron chi connectivity index (χ1n) is 10.0. The van der Waals surface area contributed by atoms with Gasteiger partial charge in [-0.2, -0.15) is 5.10 Å². The first-order valence-corrected chi connectivity index (χ1v) is 10.4. The van der Waals surface area contributed by atoms with Gasteiger partial charge in [-0.25, -0.2) is 5.43 Å². The summed E-state index contributed by atoms with van der Waals surface area (Å²) in [5, 5.41) is 4.60. The van der Waals surface area contributed by atoms with Crippen LogP contribution in [-0.4, -0.2) is 18.7 Å². The van der Waals surface area contributed by atoms with Gasteiger partial charge < -0.3 is 9.15 Å². The molecule has 0 spiro atoms. The molecule has 0 aliphatic heterocycles. The Kier molecular flexibility index (Phi) is 6.68. The van der Waals surface area contributed by atoms with Gasteiger partial charge in [0.1, 0.15) is 17.3 Å². The number of carbonyl (C=O) groups is 1. The van der Waals surface area contributed by atoms with E-state index >= 15 is 0 Å². The van der Waals surface area contributed by atoms with Crippen molar-refractivity contribution in [2.24, 2.45) is 5.10 Å². The van der Waals surface area contributed by atoms with Crippen LogP contribution in [0.1, 0.15) is 11.3 Å². The molecule has 1 heterocycles. The molecule has 0 aliphatic carbocycles. The van der Waals surface area contributed by atoms with Crippen LogP contribution >= 0.6 is 11.6 Å². The average Bonchev–Trinajstić information content (AvgIpc) is 3.29. The van der Waals surface area contributed by atoms with Gasteiger partial charge >= 0.3 is 0 Å². The summed E-state index contributed by atoms with van der Waals surface area (Å²) in [5.74, 6) is 1.41. The average molecular weight is 445 g/mol. The van der Waals surface area contributed by atoms with E-state index in [1.54, 1.807) is 6.07 Å². The van der Waals surface area contributed by atoms with Crippen molar-refractivity contribution in [1.29, 1.82) is 0 Å². The van der Waals surface area contributed by atoms with Crippen molar-refractivity contribution in [3.8, 4) is 28.2 Å². The Morgan fingerprint density at radius 3 is 2.44 bits per heavy atom. The SMILES string of the molecule is Cc1ccc(-c2ccc(/C=N/NC(=O)COc3ccc(-c4ccccc4)cc3)o2)cc1Cl. The molecule has 160 valence electrons. The third-order valence-electron chi connectivity index (χ3n) is 4.80. The molecule has 0 saturated heterocycles. The summed E-state index contributed by atoms with van der Waals surface area (Å²) in [4.78, 5) is 12.0. The van der Waals surface area contributed by atoms with Crippen molar-refractivity contribution in [1.82, 2.24) is 5.43 Å². The minimum absolute atomic E-state index is 0.146. The second-order valence-electron chi connectivity index (χ2n) is 7.14. The highest BCUT2D eigenvalue weighted by Crippen LogP contribution is 2.26. The number of hydrogen-bond acceptors (Lipinski definition) is 4. The maximum Gasteiger partial charge on any atom is 0.277 e. The standard InChI is InChI=1S/C26H21ClN2O3/c1-18-7-8-21(15-24(18)27)25-14-13-23(32-25)16-28-29-26(30)17-31-22-11-9-20(10-12-22)19-5-3-2-4-6-19/h2-16H,17H2,1H3,(H,29,30)/b28-16+. The van der Waals surface area contributed by atoms with Crippen molar-refractivity contribution >= 4 is 23.7 Å². The Bertz CT molecular complexity index is 1230. The van der Waals surface area contributed by atoms with Crippen LogP contribution in [0, 0.1) is 6.92 Å². The van der Waals surface area contributed by atoms with Crippen molar-refractivity contribution in [2.75, 3.05) is 6.61 Å². The number of aryl methyl sites for hydroxylation is 1. The zero-order valence-electron chi connectivity index (χ0n) is 17.4. The number of ether oxygens (including phenoxy) is 1. The monoisotopic (exact) mass is 444 g/mol. The molecule has 32 heavy (non-hydrogen) atoms. The van der Waals surface area contributed by atoms with Crippen LogP contribution in [0.15, 0.2) is 94.4 Å². The number of furan rings is 1. The van der Waals surface area contributed by atoms with Gasteiger partial charge in [0.2, 0.25) is 0 Å². The molecule has 1 aromatic heterocycles. The fourth-order valence-electron chi connectivity index (χ4n) is 3.05. The number of amides is 1. The number of nitrogens with zero attached hydrogens (tertiary/aromatic N) is 1. The molecule has 0 aliphatic rings. The molecule has 0 radical (unpaired) electrons. The van der Waals surface area contributed by atoms with Crippen LogP contribution in [0.2, 0.25) is 5.02 Å². The van der Waals surface area contributed by atoms with Gasteiger partial charge in [-0.1, -0.05) is 66.2 Å². The highest BCUT2D eigenvalue weighted by molar-refractivity contribution is 6.31. The van der Waals surface area contributed by atoms with Crippen LogP contribution < -0.4 is 10.2 Å². The molecule has 0 fully saturated rings. The van der Waals surface area contributed by atoms with Crippen molar-refractivity contribution in [3.05, 3.63) is 101 Å². The summed E-state index contributed by atoms with van der Waals surface area (Å²) in [6.07, 6.45) is 1.44. The van der Waals surface area contributed by atoms with Crippen LogP contribution in [0.25, 0.3) is 22.5 Å². The van der Waals surface area contributed by atoms with E-state index in [1.807, 2.05) is 85.8 Å². The quantitative estimate of drug-likeness (QED) is 0.276. The number of halogens is 1. The minimum Gasteiger partial charge on any atom is -0.484 e. The van der Waals surface area contributed by atoms with Gasteiger partial charge in [0.15, 0.2) is 6.61 Å². The van der Waals surface area contributed by atoms with Gasteiger partial charge in [-0.05, 0) is 53.9 Å². The van der Waals surface area contributed by atoms with Gasteiger partial charge in [0, 0.05) is 10.6 Å². The fraction of sp³-hybridized carbons (Fsp3) is 0.0769. The molecule has 4 rings (SSSR count). The second-order valence-corrected chi connectivity index (χ2v) is 7.55. The zero-order valence-corrected chi connectivity index (χ0v) is 18.2. The third kappa shape index (κ3) is 5.45. The number of hydrazone groups is 1. The first kappa shape index (κ1) is 21.4. The molecular weight excluding hydrogens is 424 g/mol. The second kappa shape index (κ2) is 9.98. The highest BCUT2D eigenvalue weighted by atomic mass is 35.5. The highest BCUT2D eigenvalue weighted by Gasteiger charge is 2.06. The maximum atomic E-state index is 12.0. The zero-order chi connectivity index (χ0) is 22.3. The molecule has 3 aromatic carbocycles.